The number of benzene rings is 1. The molecule has 1 aromatic carbocycles. The van der Waals surface area contributed by atoms with Crippen LogP contribution in [-0.2, 0) is 6.18 Å². The van der Waals surface area contributed by atoms with Crippen molar-refractivity contribution in [3.8, 4) is 0 Å². The van der Waals surface area contributed by atoms with Crippen molar-refractivity contribution in [1.29, 1.82) is 0 Å². The molecule has 1 fully saturated rings. The highest BCUT2D eigenvalue weighted by Crippen LogP contribution is 2.46. The molecule has 0 bridgehead atoms. The highest BCUT2D eigenvalue weighted by molar-refractivity contribution is 8.00. The third-order valence-corrected chi connectivity index (χ3v) is 5.45. The summed E-state index contributed by atoms with van der Waals surface area (Å²) in [6.07, 6.45) is -2.16. The fraction of sp³-hybridized carbons (Fsp3) is 0.571. The van der Waals surface area contributed by atoms with Gasteiger partial charge >= 0.3 is 6.18 Å². The molecular weight excluding hydrogens is 271 g/mol. The molecule has 5 heteroatoms. The summed E-state index contributed by atoms with van der Waals surface area (Å²) in [6, 6.07) is 3.64. The van der Waals surface area contributed by atoms with E-state index in [-0.39, 0.29) is 10.8 Å². The second-order valence-electron chi connectivity index (χ2n) is 5.31. The molecule has 0 radical (unpaired) electrons. The Balaban J connectivity index is 2.31. The molecule has 1 saturated heterocycles. The van der Waals surface area contributed by atoms with Gasteiger partial charge in [-0.1, -0.05) is 6.07 Å². The summed E-state index contributed by atoms with van der Waals surface area (Å²) in [4.78, 5) is 0. The van der Waals surface area contributed by atoms with E-state index in [9.17, 15) is 13.2 Å². The lowest BCUT2D eigenvalue weighted by molar-refractivity contribution is -0.137. The second-order valence-corrected chi connectivity index (χ2v) is 6.94. The van der Waals surface area contributed by atoms with Crippen LogP contribution in [0.5, 0.6) is 0 Å². The number of aryl methyl sites for hydroxylation is 1. The van der Waals surface area contributed by atoms with Crippen molar-refractivity contribution >= 4 is 11.8 Å². The van der Waals surface area contributed by atoms with Gasteiger partial charge in [0.05, 0.1) is 5.56 Å². The standard InChI is InChI=1S/C14H18F3NS/c1-9-8-10(14(15,16)17)4-5-11(9)12(18)13(2)6-3-7-19-13/h4-5,8,12H,3,6-7,18H2,1-2H3. The van der Waals surface area contributed by atoms with Crippen molar-refractivity contribution in [1.82, 2.24) is 0 Å². The molecule has 0 spiro atoms. The van der Waals surface area contributed by atoms with Crippen molar-refractivity contribution in [2.45, 2.75) is 43.7 Å². The van der Waals surface area contributed by atoms with Crippen LogP contribution < -0.4 is 5.73 Å². The maximum Gasteiger partial charge on any atom is 0.416 e. The molecule has 1 aromatic rings. The van der Waals surface area contributed by atoms with Crippen molar-refractivity contribution in [3.63, 3.8) is 0 Å². The monoisotopic (exact) mass is 289 g/mol. The largest absolute Gasteiger partial charge is 0.416 e. The van der Waals surface area contributed by atoms with Gasteiger partial charge in [-0.15, -0.1) is 0 Å². The zero-order chi connectivity index (χ0) is 14.3. The van der Waals surface area contributed by atoms with Crippen LogP contribution in [0.1, 0.15) is 42.5 Å². The Morgan fingerprint density at radius 1 is 1.37 bits per heavy atom. The third-order valence-electron chi connectivity index (χ3n) is 3.84. The average Bonchev–Trinajstić information content (AvgIpc) is 2.75. The smallest absolute Gasteiger partial charge is 0.323 e. The number of nitrogens with two attached hydrogens (primary N) is 1. The van der Waals surface area contributed by atoms with Crippen LogP contribution in [0.25, 0.3) is 0 Å². The Morgan fingerprint density at radius 2 is 2.05 bits per heavy atom. The van der Waals surface area contributed by atoms with Crippen molar-refractivity contribution < 1.29 is 13.2 Å². The lowest BCUT2D eigenvalue weighted by Gasteiger charge is -2.31. The minimum atomic E-state index is -4.29. The van der Waals surface area contributed by atoms with E-state index in [4.69, 9.17) is 5.73 Å². The molecular formula is C14H18F3NS. The Morgan fingerprint density at radius 3 is 2.53 bits per heavy atom. The van der Waals surface area contributed by atoms with Crippen LogP contribution in [0.2, 0.25) is 0 Å². The Hall–Kier alpha value is -0.680. The van der Waals surface area contributed by atoms with E-state index in [0.717, 1.165) is 30.2 Å². The summed E-state index contributed by atoms with van der Waals surface area (Å²) in [5.41, 5.74) is 7.13. The number of hydrogen-bond donors (Lipinski definition) is 1. The Labute approximate surface area is 115 Å². The van der Waals surface area contributed by atoms with Crippen LogP contribution in [0.4, 0.5) is 13.2 Å². The molecule has 1 heterocycles. The number of halogens is 3. The quantitative estimate of drug-likeness (QED) is 0.878. The summed E-state index contributed by atoms with van der Waals surface area (Å²) >= 11 is 1.82. The fourth-order valence-electron chi connectivity index (χ4n) is 2.58. The van der Waals surface area contributed by atoms with Crippen molar-refractivity contribution in [2.75, 3.05) is 5.75 Å². The maximum absolute atomic E-state index is 12.6. The summed E-state index contributed by atoms with van der Waals surface area (Å²) < 4.78 is 37.9. The van der Waals surface area contributed by atoms with E-state index in [2.05, 4.69) is 6.92 Å². The Kier molecular flexibility index (Phi) is 3.89. The molecule has 0 aromatic heterocycles. The third kappa shape index (κ3) is 2.92. The van der Waals surface area contributed by atoms with Crippen LogP contribution in [0.15, 0.2) is 18.2 Å². The first kappa shape index (κ1) is 14.7. The fourth-order valence-corrected chi connectivity index (χ4v) is 3.93. The molecule has 2 atom stereocenters. The molecule has 0 saturated carbocycles. The molecule has 106 valence electrons. The first-order chi connectivity index (χ1) is 8.74. The van der Waals surface area contributed by atoms with E-state index in [1.807, 2.05) is 11.8 Å². The lowest BCUT2D eigenvalue weighted by atomic mass is 9.88. The SMILES string of the molecule is Cc1cc(C(F)(F)F)ccc1C(N)C1(C)CCCS1. The van der Waals surface area contributed by atoms with Gasteiger partial charge in [0.2, 0.25) is 0 Å². The molecule has 1 aliphatic heterocycles. The van der Waals surface area contributed by atoms with E-state index < -0.39 is 11.7 Å². The highest BCUT2D eigenvalue weighted by Gasteiger charge is 2.38. The molecule has 0 amide bonds. The van der Waals surface area contributed by atoms with Crippen LogP contribution >= 0.6 is 11.8 Å². The molecule has 0 aliphatic carbocycles. The van der Waals surface area contributed by atoms with Crippen LogP contribution in [-0.4, -0.2) is 10.5 Å². The van der Waals surface area contributed by atoms with Gasteiger partial charge in [0.25, 0.3) is 0 Å². The topological polar surface area (TPSA) is 26.0 Å². The zero-order valence-corrected chi connectivity index (χ0v) is 11.9. The molecule has 2 unspecified atom stereocenters. The number of thioether (sulfide) groups is 1. The molecule has 1 aliphatic rings. The first-order valence-electron chi connectivity index (χ1n) is 6.31. The number of hydrogen-bond acceptors (Lipinski definition) is 2. The molecule has 19 heavy (non-hydrogen) atoms. The highest BCUT2D eigenvalue weighted by atomic mass is 32.2. The van der Waals surface area contributed by atoms with E-state index in [0.29, 0.717) is 5.56 Å². The lowest BCUT2D eigenvalue weighted by Crippen LogP contribution is -2.33. The average molecular weight is 289 g/mol. The van der Waals surface area contributed by atoms with E-state index >= 15 is 0 Å². The van der Waals surface area contributed by atoms with Gasteiger partial charge in [0.15, 0.2) is 0 Å². The second kappa shape index (κ2) is 5.02. The molecule has 1 nitrogen and oxygen atoms in total. The van der Waals surface area contributed by atoms with E-state index in [1.54, 1.807) is 6.92 Å². The number of rotatable bonds is 2. The van der Waals surface area contributed by atoms with Gasteiger partial charge in [-0.05, 0) is 55.7 Å². The normalized spacial score (nSPS) is 25.6. The number of alkyl halides is 3. The molecule has 2 rings (SSSR count). The van der Waals surface area contributed by atoms with E-state index in [1.165, 1.54) is 12.1 Å². The minimum Gasteiger partial charge on any atom is -0.323 e. The molecule has 2 N–H and O–H groups in total. The summed E-state index contributed by atoms with van der Waals surface area (Å²) in [5, 5.41) is 0. The predicted molar refractivity (Wildman–Crippen MR) is 73.2 cm³/mol. The maximum atomic E-state index is 12.6. The predicted octanol–water partition coefficient (Wildman–Crippen LogP) is 4.30. The van der Waals surface area contributed by atoms with Gasteiger partial charge in [-0.3, -0.25) is 0 Å². The van der Waals surface area contributed by atoms with Crippen LogP contribution in [0, 0.1) is 6.92 Å². The van der Waals surface area contributed by atoms with Gasteiger partial charge in [-0.2, -0.15) is 24.9 Å². The van der Waals surface area contributed by atoms with Gasteiger partial charge in [0, 0.05) is 10.8 Å². The summed E-state index contributed by atoms with van der Waals surface area (Å²) in [6.45, 7) is 3.81. The van der Waals surface area contributed by atoms with Gasteiger partial charge in [-0.25, -0.2) is 0 Å². The minimum absolute atomic E-state index is 0.0650. The Bertz CT molecular complexity index is 464. The van der Waals surface area contributed by atoms with Crippen molar-refractivity contribution in [3.05, 3.63) is 34.9 Å². The van der Waals surface area contributed by atoms with Crippen LogP contribution in [0.3, 0.4) is 0 Å². The van der Waals surface area contributed by atoms with Crippen molar-refractivity contribution in [2.24, 2.45) is 5.73 Å². The summed E-state index contributed by atoms with van der Waals surface area (Å²) in [5.74, 6) is 1.07. The van der Waals surface area contributed by atoms with Gasteiger partial charge in [0.1, 0.15) is 0 Å². The summed E-state index contributed by atoms with van der Waals surface area (Å²) in [7, 11) is 0. The zero-order valence-electron chi connectivity index (χ0n) is 11.1. The van der Waals surface area contributed by atoms with Gasteiger partial charge < -0.3 is 5.73 Å². The first-order valence-corrected chi connectivity index (χ1v) is 7.30.